The number of carbonyl (C=O) groups is 1. The SMILES string of the molecule is O=C(C(c1cccnc1F)S(=O)(=O)c1ccccc1)N1CCCC1. The highest BCUT2D eigenvalue weighted by Crippen LogP contribution is 2.32. The van der Waals surface area contributed by atoms with E-state index in [2.05, 4.69) is 4.98 Å². The number of rotatable bonds is 4. The molecular formula is C17H17FN2O3S. The van der Waals surface area contributed by atoms with Gasteiger partial charge in [-0.25, -0.2) is 13.4 Å². The minimum Gasteiger partial charge on any atom is -0.341 e. The van der Waals surface area contributed by atoms with E-state index in [4.69, 9.17) is 0 Å². The Morgan fingerprint density at radius 2 is 1.75 bits per heavy atom. The van der Waals surface area contributed by atoms with Crippen LogP contribution in [0.1, 0.15) is 23.7 Å². The van der Waals surface area contributed by atoms with Crippen molar-refractivity contribution in [1.29, 1.82) is 0 Å². The Morgan fingerprint density at radius 3 is 2.38 bits per heavy atom. The summed E-state index contributed by atoms with van der Waals surface area (Å²) in [5.74, 6) is -1.53. The summed E-state index contributed by atoms with van der Waals surface area (Å²) in [4.78, 5) is 17.9. The summed E-state index contributed by atoms with van der Waals surface area (Å²) in [6.07, 6.45) is 2.87. The van der Waals surface area contributed by atoms with Gasteiger partial charge in [-0.05, 0) is 31.0 Å². The smallest absolute Gasteiger partial charge is 0.246 e. The number of likely N-dealkylation sites (tertiary alicyclic amines) is 1. The molecule has 0 radical (unpaired) electrons. The van der Waals surface area contributed by atoms with Crippen LogP contribution in [-0.4, -0.2) is 37.3 Å². The summed E-state index contributed by atoms with van der Waals surface area (Å²) in [6, 6.07) is 10.4. The van der Waals surface area contributed by atoms with Crippen molar-refractivity contribution in [3.8, 4) is 0 Å². The van der Waals surface area contributed by atoms with Crippen molar-refractivity contribution in [2.75, 3.05) is 13.1 Å². The van der Waals surface area contributed by atoms with Crippen LogP contribution >= 0.6 is 0 Å². The third-order valence-electron chi connectivity index (χ3n) is 4.09. The van der Waals surface area contributed by atoms with E-state index >= 15 is 0 Å². The number of sulfone groups is 1. The predicted molar refractivity (Wildman–Crippen MR) is 86.4 cm³/mol. The molecule has 1 aromatic carbocycles. The summed E-state index contributed by atoms with van der Waals surface area (Å²) in [6.45, 7) is 0.975. The molecule has 1 fully saturated rings. The molecule has 24 heavy (non-hydrogen) atoms. The Morgan fingerprint density at radius 1 is 1.08 bits per heavy atom. The molecule has 2 aromatic rings. The number of benzene rings is 1. The van der Waals surface area contributed by atoms with Crippen molar-refractivity contribution in [2.45, 2.75) is 23.0 Å². The predicted octanol–water partition coefficient (Wildman–Crippen LogP) is 2.36. The van der Waals surface area contributed by atoms with Crippen molar-refractivity contribution in [3.63, 3.8) is 0 Å². The van der Waals surface area contributed by atoms with Crippen LogP contribution in [0, 0.1) is 5.95 Å². The molecule has 7 heteroatoms. The molecule has 0 bridgehead atoms. The summed E-state index contributed by atoms with van der Waals surface area (Å²) in [5, 5.41) is -1.62. The van der Waals surface area contributed by atoms with Gasteiger partial charge in [0, 0.05) is 24.8 Å². The average Bonchev–Trinajstić information content (AvgIpc) is 3.12. The van der Waals surface area contributed by atoms with Gasteiger partial charge in [-0.3, -0.25) is 4.79 Å². The van der Waals surface area contributed by atoms with Gasteiger partial charge < -0.3 is 4.90 Å². The highest BCUT2D eigenvalue weighted by atomic mass is 32.2. The van der Waals surface area contributed by atoms with Gasteiger partial charge >= 0.3 is 0 Å². The van der Waals surface area contributed by atoms with Gasteiger partial charge in [0.1, 0.15) is 0 Å². The van der Waals surface area contributed by atoms with Crippen LogP contribution in [0.25, 0.3) is 0 Å². The molecule has 1 aliphatic heterocycles. The van der Waals surface area contributed by atoms with E-state index in [1.165, 1.54) is 35.4 Å². The van der Waals surface area contributed by atoms with Crippen LogP contribution in [-0.2, 0) is 14.6 Å². The van der Waals surface area contributed by atoms with Crippen molar-refractivity contribution >= 4 is 15.7 Å². The number of halogens is 1. The zero-order chi connectivity index (χ0) is 17.2. The van der Waals surface area contributed by atoms with Crippen LogP contribution in [0.4, 0.5) is 4.39 Å². The summed E-state index contributed by atoms with van der Waals surface area (Å²) in [5.41, 5.74) is -0.210. The van der Waals surface area contributed by atoms with Crippen LogP contribution in [0.5, 0.6) is 0 Å². The number of nitrogens with zero attached hydrogens (tertiary/aromatic N) is 2. The molecule has 1 aliphatic rings. The van der Waals surface area contributed by atoms with E-state index in [1.54, 1.807) is 18.2 Å². The molecule has 1 aromatic heterocycles. The van der Waals surface area contributed by atoms with E-state index in [9.17, 15) is 17.6 Å². The fraction of sp³-hybridized carbons (Fsp3) is 0.294. The minimum absolute atomic E-state index is 0.00852. The van der Waals surface area contributed by atoms with E-state index in [-0.39, 0.29) is 10.5 Å². The Bertz CT molecular complexity index is 834. The third-order valence-corrected chi connectivity index (χ3v) is 6.10. The first-order valence-corrected chi connectivity index (χ1v) is 9.24. The van der Waals surface area contributed by atoms with Gasteiger partial charge in [0.15, 0.2) is 15.1 Å². The molecule has 3 rings (SSSR count). The lowest BCUT2D eigenvalue weighted by Crippen LogP contribution is -2.36. The first-order valence-electron chi connectivity index (χ1n) is 7.70. The Labute approximate surface area is 140 Å². The number of carbonyl (C=O) groups excluding carboxylic acids is 1. The zero-order valence-corrected chi connectivity index (χ0v) is 13.7. The summed E-state index contributed by atoms with van der Waals surface area (Å²) in [7, 11) is -4.08. The first kappa shape index (κ1) is 16.6. The van der Waals surface area contributed by atoms with Gasteiger partial charge in [0.25, 0.3) is 0 Å². The van der Waals surface area contributed by atoms with Crippen molar-refractivity contribution in [2.24, 2.45) is 0 Å². The second-order valence-corrected chi connectivity index (χ2v) is 7.69. The molecule has 5 nitrogen and oxygen atoms in total. The number of aromatic nitrogens is 1. The van der Waals surface area contributed by atoms with Gasteiger partial charge in [0.05, 0.1) is 4.90 Å². The highest BCUT2D eigenvalue weighted by molar-refractivity contribution is 7.92. The van der Waals surface area contributed by atoms with Crippen LogP contribution in [0.15, 0.2) is 53.6 Å². The van der Waals surface area contributed by atoms with Gasteiger partial charge in [0.2, 0.25) is 11.9 Å². The Kier molecular flexibility index (Phi) is 4.62. The maximum atomic E-state index is 14.2. The molecule has 0 N–H and O–H groups in total. The molecule has 126 valence electrons. The van der Waals surface area contributed by atoms with E-state index < -0.39 is 26.9 Å². The van der Waals surface area contributed by atoms with E-state index in [0.717, 1.165) is 12.8 Å². The van der Waals surface area contributed by atoms with Gasteiger partial charge in [-0.2, -0.15) is 4.39 Å². The lowest BCUT2D eigenvalue weighted by molar-refractivity contribution is -0.129. The van der Waals surface area contributed by atoms with Gasteiger partial charge in [-0.1, -0.05) is 24.3 Å². The molecular weight excluding hydrogens is 331 g/mol. The van der Waals surface area contributed by atoms with Crippen LogP contribution in [0.3, 0.4) is 0 Å². The standard InChI is InChI=1S/C17H17FN2O3S/c18-16-14(9-6-10-19-16)15(17(21)20-11-4-5-12-20)24(22,23)13-7-2-1-3-8-13/h1-3,6-10,15H,4-5,11-12H2. The van der Waals surface area contributed by atoms with E-state index in [0.29, 0.717) is 13.1 Å². The fourth-order valence-electron chi connectivity index (χ4n) is 2.88. The number of hydrogen-bond acceptors (Lipinski definition) is 4. The molecule has 0 saturated carbocycles. The lowest BCUT2D eigenvalue weighted by Gasteiger charge is -2.23. The molecule has 1 saturated heterocycles. The largest absolute Gasteiger partial charge is 0.341 e. The molecule has 1 amide bonds. The molecule has 0 spiro atoms. The first-order chi connectivity index (χ1) is 11.5. The maximum absolute atomic E-state index is 14.2. The summed E-state index contributed by atoms with van der Waals surface area (Å²) < 4.78 is 40.3. The normalized spacial score (nSPS) is 16.1. The number of pyridine rings is 1. The van der Waals surface area contributed by atoms with E-state index in [1.807, 2.05) is 0 Å². The topological polar surface area (TPSA) is 67.3 Å². The number of hydrogen-bond donors (Lipinski definition) is 0. The van der Waals surface area contributed by atoms with Gasteiger partial charge in [-0.15, -0.1) is 0 Å². The average molecular weight is 348 g/mol. The maximum Gasteiger partial charge on any atom is 0.246 e. The lowest BCUT2D eigenvalue weighted by atomic mass is 10.2. The Balaban J connectivity index is 2.12. The molecule has 1 atom stereocenters. The quantitative estimate of drug-likeness (QED) is 0.796. The second-order valence-electron chi connectivity index (χ2n) is 5.65. The fourth-order valence-corrected chi connectivity index (χ4v) is 4.61. The second kappa shape index (κ2) is 6.68. The van der Waals surface area contributed by atoms with Crippen LogP contribution < -0.4 is 0 Å². The zero-order valence-electron chi connectivity index (χ0n) is 12.9. The Hall–Kier alpha value is -2.28. The van der Waals surface area contributed by atoms with Crippen LogP contribution in [0.2, 0.25) is 0 Å². The molecule has 1 unspecified atom stereocenters. The molecule has 0 aliphatic carbocycles. The van der Waals surface area contributed by atoms with Crippen molar-refractivity contribution in [3.05, 3.63) is 60.2 Å². The summed E-state index contributed by atoms with van der Waals surface area (Å²) >= 11 is 0. The number of amides is 1. The highest BCUT2D eigenvalue weighted by Gasteiger charge is 2.40. The molecule has 2 heterocycles. The third kappa shape index (κ3) is 3.03. The minimum atomic E-state index is -4.08. The van der Waals surface area contributed by atoms with Crippen molar-refractivity contribution in [1.82, 2.24) is 9.88 Å². The monoisotopic (exact) mass is 348 g/mol. The van der Waals surface area contributed by atoms with Crippen molar-refractivity contribution < 1.29 is 17.6 Å².